The lowest BCUT2D eigenvalue weighted by atomic mass is 10.2. The van der Waals surface area contributed by atoms with Crippen LogP contribution < -0.4 is 5.32 Å². The minimum Gasteiger partial charge on any atom is -0.325 e. The van der Waals surface area contributed by atoms with Gasteiger partial charge in [0.05, 0.1) is 5.75 Å². The largest absolute Gasteiger partial charge is 0.325 e. The Labute approximate surface area is 136 Å². The van der Waals surface area contributed by atoms with Crippen LogP contribution in [0.15, 0.2) is 45.8 Å². The number of carbonyl (C=O) groups excluding carboxylic acids is 1. The molecule has 0 aromatic heterocycles. The number of hydrogen-bond donors (Lipinski definition) is 1. The Morgan fingerprint density at radius 2 is 1.95 bits per heavy atom. The SMILES string of the molecule is Cc1ccc(F)cc1NC(=O)CSc1ccc(Br)cc1C. The van der Waals surface area contributed by atoms with Crippen LogP contribution in [0.4, 0.5) is 10.1 Å². The number of rotatable bonds is 4. The highest BCUT2D eigenvalue weighted by Crippen LogP contribution is 2.25. The van der Waals surface area contributed by atoms with Crippen molar-refractivity contribution in [3.63, 3.8) is 0 Å². The van der Waals surface area contributed by atoms with Crippen molar-refractivity contribution in [3.8, 4) is 0 Å². The van der Waals surface area contributed by atoms with Gasteiger partial charge in [0.2, 0.25) is 5.91 Å². The van der Waals surface area contributed by atoms with Gasteiger partial charge in [0.15, 0.2) is 0 Å². The van der Waals surface area contributed by atoms with E-state index < -0.39 is 0 Å². The number of aryl methyl sites for hydroxylation is 2. The molecule has 0 unspecified atom stereocenters. The Morgan fingerprint density at radius 1 is 1.19 bits per heavy atom. The van der Waals surface area contributed by atoms with E-state index in [-0.39, 0.29) is 11.7 Å². The molecule has 0 fully saturated rings. The molecule has 0 saturated carbocycles. The average Bonchev–Trinajstić information content (AvgIpc) is 2.42. The lowest BCUT2D eigenvalue weighted by molar-refractivity contribution is -0.113. The Morgan fingerprint density at radius 3 is 2.67 bits per heavy atom. The van der Waals surface area contributed by atoms with E-state index in [0.29, 0.717) is 11.4 Å². The van der Waals surface area contributed by atoms with Gasteiger partial charge >= 0.3 is 0 Å². The number of benzene rings is 2. The molecule has 0 saturated heterocycles. The molecule has 0 aliphatic heterocycles. The summed E-state index contributed by atoms with van der Waals surface area (Å²) in [6.45, 7) is 3.84. The lowest BCUT2D eigenvalue weighted by Crippen LogP contribution is -2.15. The zero-order valence-electron chi connectivity index (χ0n) is 11.7. The number of nitrogens with one attached hydrogen (secondary N) is 1. The predicted octanol–water partition coefficient (Wildman–Crippen LogP) is 4.94. The minimum atomic E-state index is -0.354. The maximum absolute atomic E-state index is 13.2. The highest BCUT2D eigenvalue weighted by atomic mass is 79.9. The van der Waals surface area contributed by atoms with Crippen LogP contribution in [0.25, 0.3) is 0 Å². The van der Waals surface area contributed by atoms with Crippen LogP contribution in [-0.2, 0) is 4.79 Å². The first-order chi connectivity index (χ1) is 9.95. The van der Waals surface area contributed by atoms with E-state index in [9.17, 15) is 9.18 Å². The first-order valence-electron chi connectivity index (χ1n) is 6.40. The smallest absolute Gasteiger partial charge is 0.234 e. The number of anilines is 1. The second-order valence-corrected chi connectivity index (χ2v) is 6.64. The first kappa shape index (κ1) is 16.0. The minimum absolute atomic E-state index is 0.143. The van der Waals surface area contributed by atoms with Gasteiger partial charge in [0, 0.05) is 15.1 Å². The molecular weight excluding hydrogens is 353 g/mol. The van der Waals surface area contributed by atoms with E-state index in [1.807, 2.05) is 32.0 Å². The normalized spacial score (nSPS) is 10.5. The summed E-state index contributed by atoms with van der Waals surface area (Å²) in [5.41, 5.74) is 2.48. The summed E-state index contributed by atoms with van der Waals surface area (Å²) in [6, 6.07) is 10.3. The van der Waals surface area contributed by atoms with Gasteiger partial charge < -0.3 is 5.32 Å². The molecule has 0 radical (unpaired) electrons. The van der Waals surface area contributed by atoms with Crippen LogP contribution in [0.2, 0.25) is 0 Å². The number of carbonyl (C=O) groups is 1. The Bertz CT molecular complexity index is 675. The molecule has 2 nitrogen and oxygen atoms in total. The van der Waals surface area contributed by atoms with Crippen LogP contribution >= 0.6 is 27.7 Å². The van der Waals surface area contributed by atoms with Crippen molar-refractivity contribution in [2.75, 3.05) is 11.1 Å². The van der Waals surface area contributed by atoms with Gasteiger partial charge in [-0.2, -0.15) is 0 Å². The third-order valence-electron chi connectivity index (χ3n) is 2.97. The van der Waals surface area contributed by atoms with Gasteiger partial charge in [0.1, 0.15) is 5.82 Å². The van der Waals surface area contributed by atoms with E-state index in [4.69, 9.17) is 0 Å². The Balaban J connectivity index is 1.97. The molecule has 2 aromatic carbocycles. The summed E-state index contributed by atoms with van der Waals surface area (Å²) in [4.78, 5) is 13.0. The van der Waals surface area contributed by atoms with E-state index in [0.717, 1.165) is 20.5 Å². The van der Waals surface area contributed by atoms with Gasteiger partial charge in [-0.1, -0.05) is 22.0 Å². The second-order valence-electron chi connectivity index (χ2n) is 4.71. The summed E-state index contributed by atoms with van der Waals surface area (Å²) in [5, 5.41) is 2.74. The Hall–Kier alpha value is -1.33. The van der Waals surface area contributed by atoms with E-state index in [1.165, 1.54) is 23.9 Å². The molecule has 0 spiro atoms. The van der Waals surface area contributed by atoms with E-state index in [2.05, 4.69) is 21.2 Å². The van der Waals surface area contributed by atoms with Gasteiger partial charge in [-0.25, -0.2) is 4.39 Å². The molecule has 1 N–H and O–H groups in total. The fourth-order valence-corrected chi connectivity index (χ4v) is 3.12. The topological polar surface area (TPSA) is 29.1 Å². The van der Waals surface area contributed by atoms with Gasteiger partial charge in [-0.05, 0) is 55.3 Å². The monoisotopic (exact) mass is 367 g/mol. The molecule has 1 amide bonds. The predicted molar refractivity (Wildman–Crippen MR) is 89.4 cm³/mol. The summed E-state index contributed by atoms with van der Waals surface area (Å²) >= 11 is 4.88. The molecule has 0 aliphatic rings. The fraction of sp³-hybridized carbons (Fsp3) is 0.188. The highest BCUT2D eigenvalue weighted by Gasteiger charge is 2.08. The standard InChI is InChI=1S/C16H15BrFNOS/c1-10-3-5-13(18)8-14(10)19-16(20)9-21-15-6-4-12(17)7-11(15)2/h3-8H,9H2,1-2H3,(H,19,20). The maximum atomic E-state index is 13.2. The number of halogens is 2. The number of amides is 1. The van der Waals surface area contributed by atoms with Gasteiger partial charge in [-0.3, -0.25) is 4.79 Å². The van der Waals surface area contributed by atoms with Crippen molar-refractivity contribution >= 4 is 39.3 Å². The van der Waals surface area contributed by atoms with Crippen molar-refractivity contribution in [3.05, 3.63) is 57.8 Å². The van der Waals surface area contributed by atoms with Gasteiger partial charge in [0.25, 0.3) is 0 Å². The zero-order chi connectivity index (χ0) is 15.4. The molecule has 2 rings (SSSR count). The van der Waals surface area contributed by atoms with Crippen LogP contribution in [-0.4, -0.2) is 11.7 Å². The van der Waals surface area contributed by atoms with Crippen molar-refractivity contribution in [2.45, 2.75) is 18.7 Å². The first-order valence-corrected chi connectivity index (χ1v) is 8.18. The highest BCUT2D eigenvalue weighted by molar-refractivity contribution is 9.10. The molecule has 21 heavy (non-hydrogen) atoms. The van der Waals surface area contributed by atoms with Crippen LogP contribution in [0, 0.1) is 19.7 Å². The van der Waals surface area contributed by atoms with Crippen molar-refractivity contribution in [2.24, 2.45) is 0 Å². The molecule has 110 valence electrons. The van der Waals surface area contributed by atoms with Crippen molar-refractivity contribution in [1.29, 1.82) is 0 Å². The quantitative estimate of drug-likeness (QED) is 0.775. The van der Waals surface area contributed by atoms with Crippen LogP contribution in [0.3, 0.4) is 0 Å². The maximum Gasteiger partial charge on any atom is 0.234 e. The molecular formula is C16H15BrFNOS. The van der Waals surface area contributed by atoms with Crippen LogP contribution in [0.5, 0.6) is 0 Å². The van der Waals surface area contributed by atoms with E-state index >= 15 is 0 Å². The van der Waals surface area contributed by atoms with Gasteiger partial charge in [-0.15, -0.1) is 11.8 Å². The lowest BCUT2D eigenvalue weighted by Gasteiger charge is -2.09. The molecule has 5 heteroatoms. The number of hydrogen-bond acceptors (Lipinski definition) is 2. The zero-order valence-corrected chi connectivity index (χ0v) is 14.1. The van der Waals surface area contributed by atoms with Crippen molar-refractivity contribution < 1.29 is 9.18 Å². The number of thioether (sulfide) groups is 1. The van der Waals surface area contributed by atoms with Crippen molar-refractivity contribution in [1.82, 2.24) is 0 Å². The molecule has 0 bridgehead atoms. The summed E-state index contributed by atoms with van der Waals surface area (Å²) in [6.07, 6.45) is 0. The molecule has 0 atom stereocenters. The summed E-state index contributed by atoms with van der Waals surface area (Å²) in [5.74, 6) is -0.207. The molecule has 0 aliphatic carbocycles. The fourth-order valence-electron chi connectivity index (χ4n) is 1.83. The third kappa shape index (κ3) is 4.58. The second kappa shape index (κ2) is 7.09. The average molecular weight is 368 g/mol. The Kier molecular flexibility index (Phi) is 5.42. The third-order valence-corrected chi connectivity index (χ3v) is 4.64. The van der Waals surface area contributed by atoms with E-state index in [1.54, 1.807) is 6.07 Å². The summed E-state index contributed by atoms with van der Waals surface area (Å²) in [7, 11) is 0. The molecule has 2 aromatic rings. The van der Waals surface area contributed by atoms with Crippen LogP contribution in [0.1, 0.15) is 11.1 Å². The molecule has 0 heterocycles. The summed E-state index contributed by atoms with van der Waals surface area (Å²) < 4.78 is 14.2.